The van der Waals surface area contributed by atoms with Crippen molar-refractivity contribution < 1.29 is 38.0 Å². The number of benzene rings is 3. The SMILES string of the molecule is COCCOC(=O)OCc1ccc(N(c2ccccc2)c2ccc(COC(=O)OCCOC)cc2)cc1. The fourth-order valence-corrected chi connectivity index (χ4v) is 3.29. The third kappa shape index (κ3) is 9.14. The van der Waals surface area contributed by atoms with Crippen LogP contribution in [0.15, 0.2) is 78.9 Å². The number of anilines is 3. The van der Waals surface area contributed by atoms with E-state index in [1.54, 1.807) is 0 Å². The van der Waals surface area contributed by atoms with Crippen LogP contribution in [0, 0.1) is 0 Å². The van der Waals surface area contributed by atoms with Gasteiger partial charge in [-0.15, -0.1) is 0 Å². The molecule has 37 heavy (non-hydrogen) atoms. The molecule has 0 aromatic heterocycles. The van der Waals surface area contributed by atoms with Gasteiger partial charge in [-0.2, -0.15) is 0 Å². The number of para-hydroxylation sites is 1. The summed E-state index contributed by atoms with van der Waals surface area (Å²) in [6.45, 7) is 1.11. The highest BCUT2D eigenvalue weighted by Gasteiger charge is 2.13. The normalized spacial score (nSPS) is 10.4. The molecule has 0 bridgehead atoms. The molecule has 0 saturated carbocycles. The van der Waals surface area contributed by atoms with Gasteiger partial charge in [0.15, 0.2) is 0 Å². The van der Waals surface area contributed by atoms with Crippen LogP contribution in [0.25, 0.3) is 0 Å². The Morgan fingerprint density at radius 3 is 1.35 bits per heavy atom. The van der Waals surface area contributed by atoms with Crippen molar-refractivity contribution in [2.75, 3.05) is 45.5 Å². The van der Waals surface area contributed by atoms with Crippen molar-refractivity contribution in [2.45, 2.75) is 13.2 Å². The monoisotopic (exact) mass is 509 g/mol. The zero-order valence-electron chi connectivity index (χ0n) is 21.0. The summed E-state index contributed by atoms with van der Waals surface area (Å²) < 4.78 is 29.8. The molecule has 3 rings (SSSR count). The summed E-state index contributed by atoms with van der Waals surface area (Å²) in [7, 11) is 3.06. The Hall–Kier alpha value is -4.08. The fourth-order valence-electron chi connectivity index (χ4n) is 3.29. The molecule has 0 amide bonds. The fraction of sp³-hybridized carbons (Fsp3) is 0.286. The highest BCUT2D eigenvalue weighted by molar-refractivity contribution is 5.76. The van der Waals surface area contributed by atoms with Crippen molar-refractivity contribution in [3.8, 4) is 0 Å². The standard InChI is InChI=1S/C28H31NO8/c1-32-16-18-34-27(30)36-20-22-8-12-25(13-9-22)29(24-6-4-3-5-7-24)26-14-10-23(11-15-26)21-37-28(31)35-19-17-33-2/h3-15H,16-21H2,1-2H3. The molecule has 0 heterocycles. The molecule has 0 N–H and O–H groups in total. The smallest absolute Gasteiger partial charge is 0.432 e. The van der Waals surface area contributed by atoms with Gasteiger partial charge < -0.3 is 33.3 Å². The average Bonchev–Trinajstić information content (AvgIpc) is 2.93. The lowest BCUT2D eigenvalue weighted by molar-refractivity contribution is 0.0317. The Labute approximate surface area is 216 Å². The Morgan fingerprint density at radius 2 is 0.946 bits per heavy atom. The highest BCUT2D eigenvalue weighted by atomic mass is 16.7. The number of methoxy groups -OCH3 is 2. The Balaban J connectivity index is 1.67. The van der Waals surface area contributed by atoms with Crippen molar-refractivity contribution in [1.82, 2.24) is 0 Å². The zero-order valence-corrected chi connectivity index (χ0v) is 21.0. The van der Waals surface area contributed by atoms with Crippen LogP contribution in [0.2, 0.25) is 0 Å². The van der Waals surface area contributed by atoms with Gasteiger partial charge in [0, 0.05) is 31.3 Å². The summed E-state index contributed by atoms with van der Waals surface area (Å²) in [5, 5.41) is 0. The van der Waals surface area contributed by atoms with Gasteiger partial charge in [-0.05, 0) is 47.5 Å². The molecular weight excluding hydrogens is 478 g/mol. The second kappa shape index (κ2) is 15.1. The topological polar surface area (TPSA) is 92.8 Å². The van der Waals surface area contributed by atoms with Crippen molar-refractivity contribution >= 4 is 29.4 Å². The van der Waals surface area contributed by atoms with Gasteiger partial charge in [-0.1, -0.05) is 42.5 Å². The van der Waals surface area contributed by atoms with Crippen molar-refractivity contribution in [1.29, 1.82) is 0 Å². The van der Waals surface area contributed by atoms with Crippen LogP contribution >= 0.6 is 0 Å². The number of hydrogen-bond donors (Lipinski definition) is 0. The van der Waals surface area contributed by atoms with E-state index in [-0.39, 0.29) is 26.4 Å². The molecule has 0 atom stereocenters. The minimum absolute atomic E-state index is 0.0973. The molecule has 0 aliphatic carbocycles. The zero-order chi connectivity index (χ0) is 26.3. The number of carbonyl (C=O) groups excluding carboxylic acids is 2. The van der Waals surface area contributed by atoms with E-state index in [9.17, 15) is 9.59 Å². The second-order valence-electron chi connectivity index (χ2n) is 7.76. The first-order chi connectivity index (χ1) is 18.1. The van der Waals surface area contributed by atoms with Crippen LogP contribution in [0.5, 0.6) is 0 Å². The highest BCUT2D eigenvalue weighted by Crippen LogP contribution is 2.34. The maximum atomic E-state index is 11.7. The molecule has 0 spiro atoms. The van der Waals surface area contributed by atoms with E-state index in [1.807, 2.05) is 78.9 Å². The van der Waals surface area contributed by atoms with Crippen LogP contribution in [-0.4, -0.2) is 53.0 Å². The molecule has 0 unspecified atom stereocenters. The molecule has 0 aliphatic rings. The molecule has 196 valence electrons. The predicted octanol–water partition coefficient (Wildman–Crippen LogP) is 5.76. The Morgan fingerprint density at radius 1 is 0.541 bits per heavy atom. The molecule has 0 radical (unpaired) electrons. The van der Waals surface area contributed by atoms with Crippen molar-refractivity contribution in [2.24, 2.45) is 0 Å². The molecule has 0 aliphatic heterocycles. The van der Waals surface area contributed by atoms with Gasteiger partial charge in [0.05, 0.1) is 13.2 Å². The quantitative estimate of drug-likeness (QED) is 0.211. The predicted molar refractivity (Wildman–Crippen MR) is 137 cm³/mol. The van der Waals surface area contributed by atoms with Crippen LogP contribution in [0.1, 0.15) is 11.1 Å². The third-order valence-corrected chi connectivity index (χ3v) is 5.13. The van der Waals surface area contributed by atoms with E-state index < -0.39 is 12.3 Å². The maximum absolute atomic E-state index is 11.7. The lowest BCUT2D eigenvalue weighted by Gasteiger charge is -2.25. The van der Waals surface area contributed by atoms with Gasteiger partial charge in [0.1, 0.15) is 26.4 Å². The van der Waals surface area contributed by atoms with Crippen molar-refractivity contribution in [3.05, 3.63) is 90.0 Å². The number of carbonyl (C=O) groups is 2. The number of rotatable bonds is 13. The molecule has 0 saturated heterocycles. The average molecular weight is 510 g/mol. The number of hydrogen-bond acceptors (Lipinski definition) is 9. The molecule has 9 nitrogen and oxygen atoms in total. The molecule has 9 heteroatoms. The largest absolute Gasteiger partial charge is 0.508 e. The van der Waals surface area contributed by atoms with Crippen LogP contribution in [0.4, 0.5) is 26.7 Å². The third-order valence-electron chi connectivity index (χ3n) is 5.13. The second-order valence-corrected chi connectivity index (χ2v) is 7.76. The molecule has 3 aromatic rings. The molecule has 3 aromatic carbocycles. The Bertz CT molecular complexity index is 1020. The summed E-state index contributed by atoms with van der Waals surface area (Å²) in [5.41, 5.74) is 4.46. The minimum atomic E-state index is -0.737. The summed E-state index contributed by atoms with van der Waals surface area (Å²) >= 11 is 0. The molecular formula is C28H31NO8. The first-order valence-electron chi connectivity index (χ1n) is 11.7. The Kier molecular flexibility index (Phi) is 11.2. The van der Waals surface area contributed by atoms with Gasteiger partial charge >= 0.3 is 12.3 Å². The molecule has 0 fully saturated rings. The van der Waals surface area contributed by atoms with E-state index in [0.717, 1.165) is 28.2 Å². The first-order valence-corrected chi connectivity index (χ1v) is 11.7. The number of nitrogens with zero attached hydrogens (tertiary/aromatic N) is 1. The van der Waals surface area contributed by atoms with Gasteiger partial charge in [-0.3, -0.25) is 0 Å². The van der Waals surface area contributed by atoms with Gasteiger partial charge in [-0.25, -0.2) is 9.59 Å². The van der Waals surface area contributed by atoms with Crippen LogP contribution in [-0.2, 0) is 41.6 Å². The van der Waals surface area contributed by atoms with E-state index in [0.29, 0.717) is 13.2 Å². The number of ether oxygens (including phenoxy) is 6. The summed E-state index contributed by atoms with van der Waals surface area (Å²) in [4.78, 5) is 25.4. The van der Waals surface area contributed by atoms with E-state index in [2.05, 4.69) is 4.90 Å². The van der Waals surface area contributed by atoms with E-state index in [4.69, 9.17) is 28.4 Å². The van der Waals surface area contributed by atoms with Crippen LogP contribution in [0.3, 0.4) is 0 Å². The lowest BCUT2D eigenvalue weighted by atomic mass is 10.1. The summed E-state index contributed by atoms with van der Waals surface area (Å²) in [6, 6.07) is 25.3. The van der Waals surface area contributed by atoms with Gasteiger partial charge in [0.25, 0.3) is 0 Å². The minimum Gasteiger partial charge on any atom is -0.432 e. The van der Waals surface area contributed by atoms with E-state index >= 15 is 0 Å². The van der Waals surface area contributed by atoms with E-state index in [1.165, 1.54) is 14.2 Å². The summed E-state index contributed by atoms with van der Waals surface area (Å²) in [6.07, 6.45) is -1.47. The van der Waals surface area contributed by atoms with Crippen LogP contribution < -0.4 is 4.90 Å². The van der Waals surface area contributed by atoms with Gasteiger partial charge in [0.2, 0.25) is 0 Å². The van der Waals surface area contributed by atoms with Crippen molar-refractivity contribution in [3.63, 3.8) is 0 Å². The summed E-state index contributed by atoms with van der Waals surface area (Å²) in [5.74, 6) is 0. The maximum Gasteiger partial charge on any atom is 0.508 e. The first kappa shape index (κ1) is 27.5. The lowest BCUT2D eigenvalue weighted by Crippen LogP contribution is -2.12.